The summed E-state index contributed by atoms with van der Waals surface area (Å²) in [6.45, 7) is 0. The van der Waals surface area contributed by atoms with Crippen molar-refractivity contribution in [2.45, 2.75) is 0 Å². The predicted octanol–water partition coefficient (Wildman–Crippen LogP) is -1.96. The quantitative estimate of drug-likeness (QED) is 0.0803. The van der Waals surface area contributed by atoms with Crippen molar-refractivity contribution in [3.63, 3.8) is 0 Å². The second kappa shape index (κ2) is 26.1. The molecule has 0 bridgehead atoms. The van der Waals surface area contributed by atoms with Crippen LogP contribution >= 0.6 is 31.3 Å². The van der Waals surface area contributed by atoms with Crippen LogP contribution in [0.1, 0.15) is 0 Å². The summed E-state index contributed by atoms with van der Waals surface area (Å²) in [5.74, 6) is 0. The van der Waals surface area contributed by atoms with Crippen LogP contribution in [0.4, 0.5) is 0 Å². The van der Waals surface area contributed by atoms with E-state index in [1.165, 1.54) is 0 Å². The Morgan fingerprint density at radius 2 is 0.500 bits per heavy atom. The van der Waals surface area contributed by atoms with E-state index in [1.807, 2.05) is 72.8 Å². The fourth-order valence-corrected chi connectivity index (χ4v) is 2.06. The normalized spacial score (nSPS) is 10.2. The second-order valence-electron chi connectivity index (χ2n) is 6.82. The van der Waals surface area contributed by atoms with E-state index in [0.717, 1.165) is 22.8 Å². The van der Waals surface area contributed by atoms with E-state index in [-0.39, 0.29) is 34.1 Å². The zero-order valence-corrected chi connectivity index (χ0v) is 27.7. The maximum absolute atomic E-state index is 8.77. The summed E-state index contributed by atoms with van der Waals surface area (Å²) in [5, 5.41) is 0. The van der Waals surface area contributed by atoms with Crippen LogP contribution in [0.25, 0.3) is 22.8 Å². The maximum Gasteiger partial charge on any atom is 2.00 e. The Balaban J connectivity index is -0.000000243. The SMILES string of the molecule is O=P([O-])(O)O.O=P([O-])(O)O.O=P([O-])(O)O.O=P([O-])(O)O.[Cu+2].[Cu+2].c1ccc(-c2ccccn2)nc1.c1ccc(-c2ccccn2)nc1. The molecule has 2 radical (unpaired) electrons. The van der Waals surface area contributed by atoms with Crippen molar-refractivity contribution in [2.75, 3.05) is 0 Å². The molecule has 4 heterocycles. The minimum Gasteiger partial charge on any atom is -0.756 e. The van der Waals surface area contributed by atoms with Gasteiger partial charge in [-0.05, 0) is 48.5 Å². The maximum atomic E-state index is 8.77. The Bertz CT molecular complexity index is 1230. The molecule has 0 aliphatic rings. The molecule has 0 saturated heterocycles. The molecule has 26 heteroatoms. The summed E-state index contributed by atoms with van der Waals surface area (Å²) in [5.41, 5.74) is 3.66. The predicted molar refractivity (Wildman–Crippen MR) is 143 cm³/mol. The van der Waals surface area contributed by atoms with Gasteiger partial charge in [0.1, 0.15) is 0 Å². The molecule has 0 spiro atoms. The van der Waals surface area contributed by atoms with Crippen LogP contribution in [0.3, 0.4) is 0 Å². The van der Waals surface area contributed by atoms with E-state index >= 15 is 0 Å². The molecular formula is C20H24Cu2N4O16P4. The van der Waals surface area contributed by atoms with E-state index in [2.05, 4.69) is 19.9 Å². The van der Waals surface area contributed by atoms with Crippen LogP contribution in [-0.4, -0.2) is 59.1 Å². The van der Waals surface area contributed by atoms with E-state index in [4.69, 9.17) is 77.0 Å². The molecule has 4 aromatic heterocycles. The van der Waals surface area contributed by atoms with E-state index in [9.17, 15) is 0 Å². The third-order valence-corrected chi connectivity index (χ3v) is 3.18. The van der Waals surface area contributed by atoms with Crippen molar-refractivity contribution in [2.24, 2.45) is 0 Å². The van der Waals surface area contributed by atoms with E-state index < -0.39 is 31.3 Å². The molecule has 0 aromatic carbocycles. The summed E-state index contributed by atoms with van der Waals surface area (Å²) >= 11 is 0. The third kappa shape index (κ3) is 49.0. The molecule has 0 aliphatic heterocycles. The number of hydrogen-bond acceptors (Lipinski definition) is 12. The first-order valence-electron chi connectivity index (χ1n) is 10.6. The molecule has 20 nitrogen and oxygen atoms in total. The molecular weight excluding hydrogens is 803 g/mol. The van der Waals surface area contributed by atoms with Crippen molar-refractivity contribution < 1.29 is 111 Å². The average Bonchev–Trinajstić information content (AvgIpc) is 2.87. The largest absolute Gasteiger partial charge is 2.00 e. The molecule has 0 saturated carbocycles. The Morgan fingerprint density at radius 1 is 0.370 bits per heavy atom. The second-order valence-corrected chi connectivity index (χ2v) is 10.7. The van der Waals surface area contributed by atoms with Crippen LogP contribution in [0.2, 0.25) is 0 Å². The topological polar surface area (TPSA) is 374 Å². The number of hydrogen-bond donors (Lipinski definition) is 8. The average molecular weight is 827 g/mol. The van der Waals surface area contributed by atoms with Gasteiger partial charge >= 0.3 is 34.1 Å². The molecule has 0 unspecified atom stereocenters. The van der Waals surface area contributed by atoms with Gasteiger partial charge in [-0.25, -0.2) is 0 Å². The number of nitrogens with zero attached hydrogens (tertiary/aromatic N) is 4. The van der Waals surface area contributed by atoms with Gasteiger partial charge in [0.15, 0.2) is 0 Å². The first-order chi connectivity index (χ1) is 19.9. The molecule has 262 valence electrons. The zero-order chi connectivity index (χ0) is 34.5. The Morgan fingerprint density at radius 3 is 0.587 bits per heavy atom. The van der Waals surface area contributed by atoms with Crippen molar-refractivity contribution in [1.29, 1.82) is 0 Å². The van der Waals surface area contributed by atoms with Gasteiger partial charge in [0.05, 0.1) is 22.8 Å². The monoisotopic (exact) mass is 826 g/mol. The number of pyridine rings is 4. The van der Waals surface area contributed by atoms with Crippen LogP contribution in [-0.2, 0) is 52.4 Å². The van der Waals surface area contributed by atoms with E-state index in [0.29, 0.717) is 0 Å². The molecule has 0 fully saturated rings. The van der Waals surface area contributed by atoms with Crippen molar-refractivity contribution >= 4 is 31.3 Å². The minimum atomic E-state index is -4.89. The van der Waals surface area contributed by atoms with Crippen molar-refractivity contribution in [3.8, 4) is 22.8 Å². The standard InChI is InChI=1S/2C10H8N2.2Cu.4H3O4P/c2*1-3-7-11-9(5-1)10-6-2-4-8-12-10;;;4*1-5(2,3)4/h2*1-8H;;;4*(H3,1,2,3,4)/q;;2*+2;;;;/p-4. The minimum absolute atomic E-state index is 0. The fourth-order valence-electron chi connectivity index (χ4n) is 2.06. The van der Waals surface area contributed by atoms with Crippen LogP contribution < -0.4 is 19.6 Å². The van der Waals surface area contributed by atoms with Gasteiger partial charge in [0, 0.05) is 24.8 Å². The fraction of sp³-hybridized carbons (Fsp3) is 0. The Hall–Kier alpha value is -1.92. The summed E-state index contributed by atoms with van der Waals surface area (Å²) in [4.78, 5) is 108. The summed E-state index contributed by atoms with van der Waals surface area (Å²) in [7, 11) is -19.6. The third-order valence-electron chi connectivity index (χ3n) is 3.18. The van der Waals surface area contributed by atoms with Gasteiger partial charge in [0.2, 0.25) is 0 Å². The van der Waals surface area contributed by atoms with Gasteiger partial charge in [-0.2, -0.15) is 0 Å². The molecule has 0 aliphatic carbocycles. The van der Waals surface area contributed by atoms with Gasteiger partial charge in [-0.1, -0.05) is 24.3 Å². The van der Waals surface area contributed by atoms with Gasteiger partial charge in [-0.15, -0.1) is 0 Å². The van der Waals surface area contributed by atoms with E-state index in [1.54, 1.807) is 24.8 Å². The first kappa shape index (κ1) is 50.9. The summed E-state index contributed by atoms with van der Waals surface area (Å²) < 4.78 is 35.1. The number of rotatable bonds is 2. The van der Waals surface area contributed by atoms with Crippen LogP contribution in [0.15, 0.2) is 97.6 Å². The van der Waals surface area contributed by atoms with Crippen molar-refractivity contribution in [3.05, 3.63) is 97.6 Å². The van der Waals surface area contributed by atoms with Gasteiger partial charge in [-0.3, -0.25) is 38.2 Å². The van der Waals surface area contributed by atoms with Crippen molar-refractivity contribution in [1.82, 2.24) is 19.9 Å². The molecule has 46 heavy (non-hydrogen) atoms. The summed E-state index contributed by atoms with van der Waals surface area (Å²) in [6, 6.07) is 23.2. The smallest absolute Gasteiger partial charge is 0.756 e. The molecule has 4 aromatic rings. The zero-order valence-electron chi connectivity index (χ0n) is 22.3. The van der Waals surface area contributed by atoms with Gasteiger partial charge < -0.3 is 58.7 Å². The van der Waals surface area contributed by atoms with Crippen LogP contribution in [0.5, 0.6) is 0 Å². The number of phosphoric acid groups is 4. The molecule has 0 atom stereocenters. The van der Waals surface area contributed by atoms with Gasteiger partial charge in [0.25, 0.3) is 31.3 Å². The Kier molecular flexibility index (Phi) is 28.9. The molecule has 8 N–H and O–H groups in total. The number of aromatic nitrogens is 4. The molecule has 4 rings (SSSR count). The molecule has 0 amide bonds. The first-order valence-corrected chi connectivity index (χ1v) is 16.8. The Labute approximate surface area is 281 Å². The summed E-state index contributed by atoms with van der Waals surface area (Å²) in [6.07, 6.45) is 7.07. The van der Waals surface area contributed by atoms with Crippen LogP contribution in [0, 0.1) is 0 Å².